The van der Waals surface area contributed by atoms with Crippen LogP contribution in [-0.4, -0.2) is 38.9 Å². The molecule has 23 heavy (non-hydrogen) atoms. The molecule has 0 spiro atoms. The fourth-order valence-electron chi connectivity index (χ4n) is 2.83. The van der Waals surface area contributed by atoms with Crippen molar-refractivity contribution in [3.8, 4) is 0 Å². The Hall–Kier alpha value is -1.40. The molecule has 1 aliphatic heterocycles. The maximum atomic E-state index is 12.4. The molecule has 6 heteroatoms. The summed E-state index contributed by atoms with van der Waals surface area (Å²) in [7, 11) is -3.49. The fourth-order valence-corrected chi connectivity index (χ4v) is 4.23. The molecule has 1 N–H and O–H groups in total. The fraction of sp³-hybridized carbons (Fsp3) is 0.588. The second-order valence-corrected chi connectivity index (χ2v) is 7.95. The van der Waals surface area contributed by atoms with Crippen LogP contribution in [0.25, 0.3) is 0 Å². The molecule has 1 aromatic carbocycles. The maximum absolute atomic E-state index is 12.4. The third-order valence-electron chi connectivity index (χ3n) is 4.20. The minimum atomic E-state index is -3.49. The van der Waals surface area contributed by atoms with Crippen LogP contribution in [0.1, 0.15) is 43.2 Å². The largest absolute Gasteiger partial charge is 0.343 e. The van der Waals surface area contributed by atoms with Gasteiger partial charge in [-0.05, 0) is 50.3 Å². The van der Waals surface area contributed by atoms with E-state index in [0.29, 0.717) is 30.8 Å². The number of hydrogen-bond donors (Lipinski definition) is 1. The molecule has 5 nitrogen and oxygen atoms in total. The summed E-state index contributed by atoms with van der Waals surface area (Å²) in [4.78, 5) is 14.1. The summed E-state index contributed by atoms with van der Waals surface area (Å²) in [6.07, 6.45) is 4.36. The Morgan fingerprint density at radius 2 is 1.96 bits per heavy atom. The number of nitrogens with zero attached hydrogens (tertiary/aromatic N) is 1. The van der Waals surface area contributed by atoms with E-state index in [9.17, 15) is 13.2 Å². The number of sulfonamides is 1. The second kappa shape index (κ2) is 7.93. The summed E-state index contributed by atoms with van der Waals surface area (Å²) in [5.74, 6) is 0.194. The Morgan fingerprint density at radius 1 is 1.17 bits per heavy atom. The Labute approximate surface area is 139 Å². The first-order chi connectivity index (χ1) is 10.9. The van der Waals surface area contributed by atoms with Gasteiger partial charge in [0.2, 0.25) is 15.9 Å². The molecule has 2 rings (SSSR count). The van der Waals surface area contributed by atoms with E-state index in [0.717, 1.165) is 36.9 Å². The SMILES string of the molecule is Cc1ccc(C)c(S(=O)(=O)NCCCN2CCCCCC2=O)c1. The van der Waals surface area contributed by atoms with Gasteiger partial charge in [-0.1, -0.05) is 18.6 Å². The van der Waals surface area contributed by atoms with E-state index in [1.165, 1.54) is 0 Å². The average molecular weight is 338 g/mol. The summed E-state index contributed by atoms with van der Waals surface area (Å²) < 4.78 is 27.4. The van der Waals surface area contributed by atoms with E-state index in [4.69, 9.17) is 0 Å². The van der Waals surface area contributed by atoms with Crippen molar-refractivity contribution < 1.29 is 13.2 Å². The molecule has 0 unspecified atom stereocenters. The highest BCUT2D eigenvalue weighted by Gasteiger charge is 2.18. The van der Waals surface area contributed by atoms with Crippen LogP contribution in [0.15, 0.2) is 23.1 Å². The molecule has 1 fully saturated rings. The number of amides is 1. The van der Waals surface area contributed by atoms with Crippen molar-refractivity contribution in [3.05, 3.63) is 29.3 Å². The van der Waals surface area contributed by atoms with Gasteiger partial charge in [-0.3, -0.25) is 4.79 Å². The van der Waals surface area contributed by atoms with Crippen LogP contribution in [0.5, 0.6) is 0 Å². The number of hydrogen-bond acceptors (Lipinski definition) is 3. The quantitative estimate of drug-likeness (QED) is 0.810. The lowest BCUT2D eigenvalue weighted by Crippen LogP contribution is -2.34. The predicted octanol–water partition coefficient (Wildman–Crippen LogP) is 2.37. The van der Waals surface area contributed by atoms with E-state index in [1.807, 2.05) is 24.0 Å². The van der Waals surface area contributed by atoms with E-state index < -0.39 is 10.0 Å². The van der Waals surface area contributed by atoms with Crippen LogP contribution in [0.2, 0.25) is 0 Å². The lowest BCUT2D eigenvalue weighted by Gasteiger charge is -2.20. The van der Waals surface area contributed by atoms with E-state index >= 15 is 0 Å². The van der Waals surface area contributed by atoms with Gasteiger partial charge < -0.3 is 4.90 Å². The molecule has 1 aromatic rings. The van der Waals surface area contributed by atoms with Crippen molar-refractivity contribution in [2.24, 2.45) is 0 Å². The minimum absolute atomic E-state index is 0.194. The summed E-state index contributed by atoms with van der Waals surface area (Å²) >= 11 is 0. The first kappa shape index (κ1) is 17.9. The molecule has 1 aliphatic rings. The molecule has 0 aliphatic carbocycles. The van der Waals surface area contributed by atoms with Gasteiger partial charge in [-0.15, -0.1) is 0 Å². The average Bonchev–Trinajstić information content (AvgIpc) is 2.71. The minimum Gasteiger partial charge on any atom is -0.343 e. The normalized spacial score (nSPS) is 16.4. The highest BCUT2D eigenvalue weighted by atomic mass is 32.2. The van der Waals surface area contributed by atoms with Crippen molar-refractivity contribution in [2.45, 2.75) is 50.8 Å². The number of carbonyl (C=O) groups excluding carboxylic acids is 1. The molecular weight excluding hydrogens is 312 g/mol. The van der Waals surface area contributed by atoms with Gasteiger partial charge in [0, 0.05) is 26.1 Å². The van der Waals surface area contributed by atoms with Crippen LogP contribution >= 0.6 is 0 Å². The number of rotatable bonds is 6. The smallest absolute Gasteiger partial charge is 0.240 e. The van der Waals surface area contributed by atoms with Gasteiger partial charge in [0.25, 0.3) is 0 Å². The molecule has 0 aromatic heterocycles. The molecule has 0 radical (unpaired) electrons. The highest BCUT2D eigenvalue weighted by Crippen LogP contribution is 2.16. The Morgan fingerprint density at radius 3 is 2.74 bits per heavy atom. The van der Waals surface area contributed by atoms with Crippen molar-refractivity contribution in [1.82, 2.24) is 9.62 Å². The molecule has 128 valence electrons. The van der Waals surface area contributed by atoms with Crippen molar-refractivity contribution in [2.75, 3.05) is 19.6 Å². The number of aryl methyl sites for hydroxylation is 2. The zero-order valence-corrected chi connectivity index (χ0v) is 14.8. The van der Waals surface area contributed by atoms with Gasteiger partial charge in [-0.25, -0.2) is 13.1 Å². The Bertz CT molecular complexity index is 656. The second-order valence-electron chi connectivity index (χ2n) is 6.21. The lowest BCUT2D eigenvalue weighted by atomic mass is 10.2. The van der Waals surface area contributed by atoms with Gasteiger partial charge in [0.15, 0.2) is 0 Å². The highest BCUT2D eigenvalue weighted by molar-refractivity contribution is 7.89. The van der Waals surface area contributed by atoms with E-state index in [-0.39, 0.29) is 5.91 Å². The molecule has 0 bridgehead atoms. The van der Waals surface area contributed by atoms with Gasteiger partial charge in [-0.2, -0.15) is 0 Å². The number of benzene rings is 1. The van der Waals surface area contributed by atoms with Crippen LogP contribution in [0, 0.1) is 13.8 Å². The Balaban J connectivity index is 1.87. The Kier molecular flexibility index (Phi) is 6.18. The standard InChI is InChI=1S/C17H26N2O3S/c1-14-8-9-15(2)16(13-14)23(21,22)18-10-6-12-19-11-5-3-4-7-17(19)20/h8-9,13,18H,3-7,10-12H2,1-2H3. The van der Waals surface area contributed by atoms with E-state index in [2.05, 4.69) is 4.72 Å². The number of likely N-dealkylation sites (tertiary alicyclic amines) is 1. The van der Waals surface area contributed by atoms with Crippen molar-refractivity contribution in [3.63, 3.8) is 0 Å². The first-order valence-corrected chi connectivity index (χ1v) is 9.73. The van der Waals surface area contributed by atoms with Gasteiger partial charge in [0.1, 0.15) is 0 Å². The topological polar surface area (TPSA) is 66.5 Å². The molecule has 0 atom stereocenters. The predicted molar refractivity (Wildman–Crippen MR) is 90.8 cm³/mol. The molecule has 0 saturated carbocycles. The lowest BCUT2D eigenvalue weighted by molar-refractivity contribution is -0.130. The van der Waals surface area contributed by atoms with Crippen molar-refractivity contribution >= 4 is 15.9 Å². The third-order valence-corrected chi connectivity index (χ3v) is 5.80. The maximum Gasteiger partial charge on any atom is 0.240 e. The molecule has 1 heterocycles. The van der Waals surface area contributed by atoms with Gasteiger partial charge >= 0.3 is 0 Å². The number of carbonyl (C=O) groups is 1. The summed E-state index contributed by atoms with van der Waals surface area (Å²) in [6, 6.07) is 5.41. The van der Waals surface area contributed by atoms with Crippen LogP contribution < -0.4 is 4.72 Å². The summed E-state index contributed by atoms with van der Waals surface area (Å²) in [5.41, 5.74) is 1.66. The van der Waals surface area contributed by atoms with Crippen LogP contribution in [0.3, 0.4) is 0 Å². The summed E-state index contributed by atoms with van der Waals surface area (Å²) in [6.45, 7) is 5.43. The molecule has 1 saturated heterocycles. The summed E-state index contributed by atoms with van der Waals surface area (Å²) in [5, 5.41) is 0. The third kappa shape index (κ3) is 5.04. The van der Waals surface area contributed by atoms with Gasteiger partial charge in [0.05, 0.1) is 4.90 Å². The molecule has 1 amide bonds. The van der Waals surface area contributed by atoms with Crippen LogP contribution in [0.4, 0.5) is 0 Å². The van der Waals surface area contributed by atoms with E-state index in [1.54, 1.807) is 13.0 Å². The molecular formula is C17H26N2O3S. The first-order valence-electron chi connectivity index (χ1n) is 8.25. The number of nitrogens with one attached hydrogen (secondary N) is 1. The monoisotopic (exact) mass is 338 g/mol. The zero-order valence-electron chi connectivity index (χ0n) is 14.0. The van der Waals surface area contributed by atoms with Crippen molar-refractivity contribution in [1.29, 1.82) is 0 Å². The van der Waals surface area contributed by atoms with Crippen LogP contribution in [-0.2, 0) is 14.8 Å². The zero-order chi connectivity index (χ0) is 16.9.